The van der Waals surface area contributed by atoms with Crippen molar-refractivity contribution in [3.8, 4) is 0 Å². The fourth-order valence-electron chi connectivity index (χ4n) is 1.48. The lowest BCUT2D eigenvalue weighted by Crippen LogP contribution is -2.16. The molecule has 0 spiro atoms. The molecule has 0 unspecified atom stereocenters. The van der Waals surface area contributed by atoms with Gasteiger partial charge in [-0.05, 0) is 56.1 Å². The predicted octanol–water partition coefficient (Wildman–Crippen LogP) is 3.80. The summed E-state index contributed by atoms with van der Waals surface area (Å²) in [5, 5.41) is 3.30. The fraction of sp³-hybridized carbons (Fsp3) is 0. The average molecular weight is 420 g/mol. The molecule has 0 aliphatic carbocycles. The molecule has 0 fully saturated rings. The normalized spacial score (nSPS) is 10.2. The van der Waals surface area contributed by atoms with Crippen molar-refractivity contribution in [3.05, 3.63) is 50.0 Å². The van der Waals surface area contributed by atoms with Gasteiger partial charge in [0.15, 0.2) is 0 Å². The molecule has 0 radical (unpaired) electrons. The van der Waals surface area contributed by atoms with Gasteiger partial charge in [0, 0.05) is 14.0 Å². The van der Waals surface area contributed by atoms with E-state index in [1.54, 1.807) is 30.3 Å². The van der Waals surface area contributed by atoms with Gasteiger partial charge in [-0.3, -0.25) is 4.79 Å². The highest BCUT2D eigenvalue weighted by molar-refractivity contribution is 9.11. The van der Waals surface area contributed by atoms with E-state index in [9.17, 15) is 4.79 Å². The molecule has 0 aliphatic heterocycles. The third-order valence-corrected chi connectivity index (χ3v) is 3.84. The summed E-state index contributed by atoms with van der Waals surface area (Å²) < 4.78 is 1.33. The summed E-state index contributed by atoms with van der Waals surface area (Å²) in [6, 6.07) is 8.31. The first-order valence-corrected chi connectivity index (χ1v) is 7.37. The maximum absolute atomic E-state index is 12.2. The van der Waals surface area contributed by atoms with E-state index in [0.717, 1.165) is 0 Å². The Balaban J connectivity index is 2.28. The van der Waals surface area contributed by atoms with Crippen LogP contribution in [0.5, 0.6) is 0 Å². The summed E-state index contributed by atoms with van der Waals surface area (Å²) in [7, 11) is 0. The van der Waals surface area contributed by atoms with Crippen LogP contribution in [0.2, 0.25) is 5.02 Å². The molecule has 0 saturated heterocycles. The number of rotatable bonds is 3. The van der Waals surface area contributed by atoms with Gasteiger partial charge in [0.2, 0.25) is 0 Å². The molecular formula is C12H9Br2ClN4O. The molecule has 104 valence electrons. The lowest BCUT2D eigenvalue weighted by Gasteiger charge is -2.10. The average Bonchev–Trinajstić information content (AvgIpc) is 2.42. The van der Waals surface area contributed by atoms with Crippen molar-refractivity contribution in [2.45, 2.75) is 0 Å². The first kappa shape index (κ1) is 15.2. The van der Waals surface area contributed by atoms with E-state index >= 15 is 0 Å². The molecule has 0 saturated carbocycles. The van der Waals surface area contributed by atoms with E-state index in [-0.39, 0.29) is 11.6 Å². The van der Waals surface area contributed by atoms with Crippen LogP contribution in [0, 0.1) is 0 Å². The number of nitrogen functional groups attached to an aromatic ring is 1. The standard InChI is InChI=1S/C12H9Br2ClN4O/c13-7-4-6(15)5-8(14)11(7)18-12(20)9-2-1-3-10(17-9)19-16/h1-5H,16H2,(H,17,19)(H,18,20). The summed E-state index contributed by atoms with van der Waals surface area (Å²) in [6.07, 6.45) is 0. The number of nitrogens with one attached hydrogen (secondary N) is 2. The Morgan fingerprint density at radius 3 is 2.50 bits per heavy atom. The van der Waals surface area contributed by atoms with Gasteiger partial charge in [-0.2, -0.15) is 0 Å². The Labute approximate surface area is 137 Å². The number of amides is 1. The monoisotopic (exact) mass is 418 g/mol. The molecule has 20 heavy (non-hydrogen) atoms. The van der Waals surface area contributed by atoms with Crippen molar-refractivity contribution in [1.82, 2.24) is 4.98 Å². The minimum absolute atomic E-state index is 0.245. The number of benzene rings is 1. The topological polar surface area (TPSA) is 80.0 Å². The van der Waals surface area contributed by atoms with E-state index in [1.165, 1.54) is 0 Å². The lowest BCUT2D eigenvalue weighted by atomic mass is 10.3. The molecule has 0 aliphatic rings. The van der Waals surface area contributed by atoms with E-state index in [0.29, 0.717) is 25.5 Å². The number of hydrogen-bond donors (Lipinski definition) is 3. The lowest BCUT2D eigenvalue weighted by molar-refractivity contribution is 0.102. The maximum Gasteiger partial charge on any atom is 0.274 e. The number of aromatic nitrogens is 1. The highest BCUT2D eigenvalue weighted by Crippen LogP contribution is 2.34. The van der Waals surface area contributed by atoms with Crippen LogP contribution in [0.1, 0.15) is 10.5 Å². The first-order chi connectivity index (χ1) is 9.51. The van der Waals surface area contributed by atoms with Crippen molar-refractivity contribution >= 4 is 60.9 Å². The molecule has 8 heteroatoms. The van der Waals surface area contributed by atoms with Crippen LogP contribution in [-0.4, -0.2) is 10.9 Å². The number of anilines is 2. The zero-order valence-electron chi connectivity index (χ0n) is 9.95. The van der Waals surface area contributed by atoms with Crippen molar-refractivity contribution in [2.24, 2.45) is 5.84 Å². The molecule has 1 heterocycles. The molecule has 2 aromatic rings. The largest absolute Gasteiger partial charge is 0.319 e. The van der Waals surface area contributed by atoms with Gasteiger partial charge >= 0.3 is 0 Å². The summed E-state index contributed by atoms with van der Waals surface area (Å²) in [5.41, 5.74) is 3.21. The Bertz CT molecular complexity index is 643. The minimum atomic E-state index is -0.356. The second-order valence-electron chi connectivity index (χ2n) is 3.75. The minimum Gasteiger partial charge on any atom is -0.319 e. The van der Waals surface area contributed by atoms with Crippen LogP contribution >= 0.6 is 43.5 Å². The summed E-state index contributed by atoms with van der Waals surface area (Å²) in [4.78, 5) is 16.2. The SMILES string of the molecule is NNc1cccc(C(=O)Nc2c(Br)cc(Cl)cc2Br)n1. The summed E-state index contributed by atoms with van der Waals surface area (Å²) >= 11 is 12.6. The molecule has 1 aromatic heterocycles. The van der Waals surface area contributed by atoms with E-state index in [2.05, 4.69) is 47.6 Å². The number of hydrazine groups is 1. The van der Waals surface area contributed by atoms with Crippen LogP contribution in [0.3, 0.4) is 0 Å². The molecule has 1 aromatic carbocycles. The Morgan fingerprint density at radius 2 is 1.90 bits per heavy atom. The third kappa shape index (κ3) is 3.49. The molecule has 2 rings (SSSR count). The Morgan fingerprint density at radius 1 is 1.25 bits per heavy atom. The van der Waals surface area contributed by atoms with Gasteiger partial charge in [0.1, 0.15) is 11.5 Å². The first-order valence-electron chi connectivity index (χ1n) is 5.41. The third-order valence-electron chi connectivity index (χ3n) is 2.38. The Hall–Kier alpha value is -1.15. The fourth-order valence-corrected chi connectivity index (χ4v) is 3.35. The number of hydrogen-bond acceptors (Lipinski definition) is 4. The molecule has 0 bridgehead atoms. The predicted molar refractivity (Wildman–Crippen MR) is 86.9 cm³/mol. The van der Waals surface area contributed by atoms with Gasteiger partial charge in [0.05, 0.1) is 5.69 Å². The summed E-state index contributed by atoms with van der Waals surface area (Å²) in [5.74, 6) is 5.32. The van der Waals surface area contributed by atoms with Crippen molar-refractivity contribution in [2.75, 3.05) is 10.7 Å². The van der Waals surface area contributed by atoms with E-state index in [4.69, 9.17) is 17.4 Å². The van der Waals surface area contributed by atoms with Crippen LogP contribution in [0.4, 0.5) is 11.5 Å². The molecule has 5 nitrogen and oxygen atoms in total. The molecular weight excluding hydrogens is 411 g/mol. The number of nitrogens with two attached hydrogens (primary N) is 1. The maximum atomic E-state index is 12.2. The number of halogens is 3. The van der Waals surface area contributed by atoms with Crippen LogP contribution < -0.4 is 16.6 Å². The van der Waals surface area contributed by atoms with Crippen molar-refractivity contribution < 1.29 is 4.79 Å². The Kier molecular flexibility index (Phi) is 4.98. The highest BCUT2D eigenvalue weighted by Gasteiger charge is 2.13. The van der Waals surface area contributed by atoms with E-state index in [1.807, 2.05) is 0 Å². The number of pyridine rings is 1. The van der Waals surface area contributed by atoms with Crippen LogP contribution in [0.15, 0.2) is 39.3 Å². The molecule has 1 amide bonds. The second kappa shape index (κ2) is 6.53. The zero-order chi connectivity index (χ0) is 14.7. The van der Waals surface area contributed by atoms with Gasteiger partial charge in [-0.15, -0.1) is 0 Å². The number of carbonyl (C=O) groups is 1. The van der Waals surface area contributed by atoms with Crippen molar-refractivity contribution in [3.63, 3.8) is 0 Å². The summed E-state index contributed by atoms with van der Waals surface area (Å²) in [6.45, 7) is 0. The van der Waals surface area contributed by atoms with Crippen LogP contribution in [0.25, 0.3) is 0 Å². The second-order valence-corrected chi connectivity index (χ2v) is 5.90. The quantitative estimate of drug-likeness (QED) is 0.521. The van der Waals surface area contributed by atoms with Gasteiger partial charge in [-0.1, -0.05) is 17.7 Å². The number of carbonyl (C=O) groups excluding carboxylic acids is 1. The molecule has 4 N–H and O–H groups in total. The van der Waals surface area contributed by atoms with Crippen LogP contribution in [-0.2, 0) is 0 Å². The molecule has 0 atom stereocenters. The van der Waals surface area contributed by atoms with E-state index < -0.39 is 0 Å². The van der Waals surface area contributed by atoms with Crippen molar-refractivity contribution in [1.29, 1.82) is 0 Å². The zero-order valence-corrected chi connectivity index (χ0v) is 13.9. The van der Waals surface area contributed by atoms with Gasteiger partial charge in [0.25, 0.3) is 5.91 Å². The highest BCUT2D eigenvalue weighted by atomic mass is 79.9. The smallest absolute Gasteiger partial charge is 0.274 e. The van der Waals surface area contributed by atoms with Gasteiger partial charge in [-0.25, -0.2) is 10.8 Å². The van der Waals surface area contributed by atoms with Gasteiger partial charge < -0.3 is 10.7 Å². The number of nitrogens with zero attached hydrogens (tertiary/aromatic N) is 1.